The van der Waals surface area contributed by atoms with Crippen molar-refractivity contribution in [3.63, 3.8) is 0 Å². The lowest BCUT2D eigenvalue weighted by molar-refractivity contribution is -0.122. The first-order valence-corrected chi connectivity index (χ1v) is 10.1. The molecule has 30 heavy (non-hydrogen) atoms. The van der Waals surface area contributed by atoms with Crippen LogP contribution in [0.5, 0.6) is 11.5 Å². The van der Waals surface area contributed by atoms with Gasteiger partial charge in [-0.15, -0.1) is 0 Å². The number of carbonyl (C=O) groups is 2. The third-order valence-corrected chi connectivity index (χ3v) is 5.28. The Morgan fingerprint density at radius 3 is 2.67 bits per heavy atom. The molecule has 1 aliphatic rings. The average molecular weight is 431 g/mol. The predicted molar refractivity (Wildman–Crippen MR) is 113 cm³/mol. The summed E-state index contributed by atoms with van der Waals surface area (Å²) in [6.07, 6.45) is 2.24. The minimum Gasteiger partial charge on any atom is -0.493 e. The molecule has 1 heterocycles. The van der Waals surface area contributed by atoms with Gasteiger partial charge < -0.3 is 14.2 Å². The van der Waals surface area contributed by atoms with Crippen molar-refractivity contribution in [2.24, 2.45) is 0 Å². The van der Waals surface area contributed by atoms with Gasteiger partial charge in [-0.05, 0) is 59.7 Å². The third-order valence-electron chi connectivity index (χ3n) is 4.37. The number of imide groups is 1. The first-order valence-electron chi connectivity index (χ1n) is 9.31. The molecule has 0 saturated carbocycles. The molecule has 0 bridgehead atoms. The summed E-state index contributed by atoms with van der Waals surface area (Å²) in [4.78, 5) is 26.2. The highest BCUT2D eigenvalue weighted by atomic mass is 32.2. The van der Waals surface area contributed by atoms with E-state index in [1.165, 1.54) is 24.1 Å². The molecule has 0 unspecified atom stereocenters. The summed E-state index contributed by atoms with van der Waals surface area (Å²) in [6.45, 7) is 0.995. The second kappa shape index (κ2) is 10.3. The van der Waals surface area contributed by atoms with Gasteiger partial charge in [0, 0.05) is 20.3 Å². The van der Waals surface area contributed by atoms with Crippen LogP contribution in [-0.2, 0) is 16.1 Å². The number of thioether (sulfide) groups is 1. The average Bonchev–Trinajstić information content (AvgIpc) is 3.00. The van der Waals surface area contributed by atoms with Crippen molar-refractivity contribution < 1.29 is 28.2 Å². The Labute approximate surface area is 178 Å². The van der Waals surface area contributed by atoms with Crippen molar-refractivity contribution in [2.75, 3.05) is 27.4 Å². The summed E-state index contributed by atoms with van der Waals surface area (Å²) in [5, 5.41) is -0.288. The van der Waals surface area contributed by atoms with Gasteiger partial charge in [0.2, 0.25) is 0 Å². The smallest absolute Gasteiger partial charge is 0.293 e. The quantitative estimate of drug-likeness (QED) is 0.431. The van der Waals surface area contributed by atoms with Crippen LogP contribution in [0.4, 0.5) is 9.18 Å². The molecule has 0 atom stereocenters. The molecule has 158 valence electrons. The van der Waals surface area contributed by atoms with E-state index in [0.29, 0.717) is 47.1 Å². The van der Waals surface area contributed by atoms with Crippen LogP contribution in [0, 0.1) is 5.82 Å². The number of amides is 2. The minimum absolute atomic E-state index is 0.188. The molecule has 1 aliphatic heterocycles. The van der Waals surface area contributed by atoms with E-state index in [0.717, 1.165) is 11.8 Å². The number of halogens is 1. The minimum atomic E-state index is -0.324. The maximum atomic E-state index is 13.3. The van der Waals surface area contributed by atoms with Gasteiger partial charge in [0.1, 0.15) is 12.4 Å². The fourth-order valence-electron chi connectivity index (χ4n) is 2.89. The van der Waals surface area contributed by atoms with Gasteiger partial charge in [-0.25, -0.2) is 4.39 Å². The molecule has 1 fully saturated rings. The molecule has 8 heteroatoms. The second-order valence-electron chi connectivity index (χ2n) is 6.51. The number of hydrogen-bond donors (Lipinski definition) is 0. The van der Waals surface area contributed by atoms with Crippen LogP contribution in [0.3, 0.4) is 0 Å². The van der Waals surface area contributed by atoms with Gasteiger partial charge >= 0.3 is 0 Å². The Morgan fingerprint density at radius 2 is 1.93 bits per heavy atom. The fraction of sp³-hybridized carbons (Fsp3) is 0.273. The van der Waals surface area contributed by atoms with Crippen LogP contribution < -0.4 is 9.47 Å². The summed E-state index contributed by atoms with van der Waals surface area (Å²) >= 11 is 0.911. The highest BCUT2D eigenvalue weighted by Crippen LogP contribution is 2.34. The summed E-state index contributed by atoms with van der Waals surface area (Å²) < 4.78 is 29.4. The Bertz CT molecular complexity index is 962. The van der Waals surface area contributed by atoms with Crippen LogP contribution in [0.15, 0.2) is 47.4 Å². The molecular formula is C22H22FNO5S. The van der Waals surface area contributed by atoms with Crippen LogP contribution in [-0.4, -0.2) is 43.4 Å². The Kier molecular flexibility index (Phi) is 7.48. The number of benzene rings is 2. The summed E-state index contributed by atoms with van der Waals surface area (Å²) in [7, 11) is 3.09. The van der Waals surface area contributed by atoms with Crippen LogP contribution in [0.2, 0.25) is 0 Å². The van der Waals surface area contributed by atoms with E-state index in [1.54, 1.807) is 43.5 Å². The van der Waals surface area contributed by atoms with Gasteiger partial charge in [-0.3, -0.25) is 14.5 Å². The van der Waals surface area contributed by atoms with Crippen LogP contribution in [0.25, 0.3) is 6.08 Å². The molecule has 0 radical (unpaired) electrons. The number of hydrogen-bond acceptors (Lipinski definition) is 6. The van der Waals surface area contributed by atoms with E-state index in [2.05, 4.69) is 0 Å². The van der Waals surface area contributed by atoms with Crippen molar-refractivity contribution >= 4 is 29.0 Å². The largest absolute Gasteiger partial charge is 0.493 e. The van der Waals surface area contributed by atoms with Crippen molar-refractivity contribution in [3.05, 3.63) is 64.3 Å². The lowest BCUT2D eigenvalue weighted by Gasteiger charge is -2.12. The molecule has 0 N–H and O–H groups in total. The van der Waals surface area contributed by atoms with Crippen LogP contribution >= 0.6 is 11.8 Å². The van der Waals surface area contributed by atoms with E-state index >= 15 is 0 Å². The zero-order valence-electron chi connectivity index (χ0n) is 16.7. The first kappa shape index (κ1) is 21.9. The van der Waals surface area contributed by atoms with E-state index in [1.807, 2.05) is 0 Å². The van der Waals surface area contributed by atoms with Crippen molar-refractivity contribution in [1.29, 1.82) is 0 Å². The second-order valence-corrected chi connectivity index (χ2v) is 7.50. The zero-order valence-corrected chi connectivity index (χ0v) is 17.5. The van der Waals surface area contributed by atoms with Crippen molar-refractivity contribution in [1.82, 2.24) is 4.90 Å². The first-order chi connectivity index (χ1) is 14.5. The third kappa shape index (κ3) is 5.40. The Balaban J connectivity index is 1.71. The predicted octanol–water partition coefficient (Wildman–Crippen LogP) is 4.49. The Hall–Kier alpha value is -2.84. The van der Waals surface area contributed by atoms with E-state index < -0.39 is 0 Å². The number of carbonyl (C=O) groups excluding carboxylic acids is 2. The normalized spacial score (nSPS) is 15.2. The van der Waals surface area contributed by atoms with Gasteiger partial charge in [0.15, 0.2) is 11.5 Å². The number of methoxy groups -OCH3 is 2. The topological polar surface area (TPSA) is 65.1 Å². The zero-order chi connectivity index (χ0) is 21.5. The van der Waals surface area contributed by atoms with Gasteiger partial charge in [0.25, 0.3) is 11.1 Å². The molecule has 2 amide bonds. The van der Waals surface area contributed by atoms with Gasteiger partial charge in [-0.2, -0.15) is 0 Å². The summed E-state index contributed by atoms with van der Waals surface area (Å²) in [6, 6.07) is 11.4. The number of rotatable bonds is 9. The Morgan fingerprint density at radius 1 is 1.10 bits per heavy atom. The van der Waals surface area contributed by atoms with E-state index in [-0.39, 0.29) is 23.6 Å². The molecule has 2 aromatic rings. The summed E-state index contributed by atoms with van der Waals surface area (Å²) in [5.74, 6) is 0.326. The van der Waals surface area contributed by atoms with Gasteiger partial charge in [0.05, 0.1) is 12.0 Å². The van der Waals surface area contributed by atoms with Crippen molar-refractivity contribution in [3.8, 4) is 11.5 Å². The summed E-state index contributed by atoms with van der Waals surface area (Å²) in [5.41, 5.74) is 1.40. The molecule has 6 nitrogen and oxygen atoms in total. The molecule has 2 aromatic carbocycles. The standard InChI is InChI=1S/C22H22FNO5S/c1-27-10-4-9-24-21(25)20(30-22(24)26)13-15-7-8-18(19(12-15)28-2)29-14-16-5-3-6-17(23)11-16/h3,5-8,11-13H,4,9-10,14H2,1-2H3/b20-13+. The van der Waals surface area contributed by atoms with Crippen LogP contribution in [0.1, 0.15) is 17.5 Å². The lowest BCUT2D eigenvalue weighted by Crippen LogP contribution is -2.29. The van der Waals surface area contributed by atoms with Gasteiger partial charge in [-0.1, -0.05) is 18.2 Å². The monoisotopic (exact) mass is 431 g/mol. The highest BCUT2D eigenvalue weighted by molar-refractivity contribution is 8.18. The number of ether oxygens (including phenoxy) is 3. The maximum absolute atomic E-state index is 13.3. The van der Waals surface area contributed by atoms with E-state index in [4.69, 9.17) is 14.2 Å². The fourth-order valence-corrected chi connectivity index (χ4v) is 3.76. The molecular weight excluding hydrogens is 409 g/mol. The molecule has 1 saturated heterocycles. The molecule has 0 spiro atoms. The number of nitrogens with zero attached hydrogens (tertiary/aromatic N) is 1. The lowest BCUT2D eigenvalue weighted by atomic mass is 10.1. The highest BCUT2D eigenvalue weighted by Gasteiger charge is 2.34. The molecule has 0 aromatic heterocycles. The molecule has 3 rings (SSSR count). The maximum Gasteiger partial charge on any atom is 0.293 e. The van der Waals surface area contributed by atoms with Crippen molar-refractivity contribution in [2.45, 2.75) is 13.0 Å². The molecule has 0 aliphatic carbocycles. The SMILES string of the molecule is COCCCN1C(=O)S/C(=C/c2ccc(OCc3cccc(F)c3)c(OC)c2)C1=O. The van der Waals surface area contributed by atoms with E-state index in [9.17, 15) is 14.0 Å².